The van der Waals surface area contributed by atoms with Crippen molar-refractivity contribution in [2.75, 3.05) is 19.7 Å². The molecule has 136 valence electrons. The fourth-order valence-electron chi connectivity index (χ4n) is 2.79. The maximum Gasteiger partial charge on any atom is 0.305 e. The molecule has 26 heavy (non-hydrogen) atoms. The summed E-state index contributed by atoms with van der Waals surface area (Å²) in [5.41, 5.74) is 2.03. The summed E-state index contributed by atoms with van der Waals surface area (Å²) in [4.78, 5) is 24.1. The van der Waals surface area contributed by atoms with Gasteiger partial charge >= 0.3 is 5.97 Å². The van der Waals surface area contributed by atoms with Crippen molar-refractivity contribution >= 4 is 11.9 Å². The molecule has 1 amide bonds. The number of nitrogens with zero attached hydrogens (tertiary/aromatic N) is 1. The van der Waals surface area contributed by atoms with Crippen LogP contribution in [0.5, 0.6) is 5.75 Å². The second-order valence-electron chi connectivity index (χ2n) is 6.13. The number of ether oxygens (including phenoxy) is 2. The van der Waals surface area contributed by atoms with E-state index in [2.05, 4.69) is 0 Å². The molecule has 1 fully saturated rings. The first-order valence-corrected chi connectivity index (χ1v) is 8.49. The van der Waals surface area contributed by atoms with E-state index in [1.165, 1.54) is 0 Å². The highest BCUT2D eigenvalue weighted by Gasteiger charge is 2.27. The number of hydrogen-bond acceptors (Lipinski definition) is 4. The molecule has 0 bridgehead atoms. The quantitative estimate of drug-likeness (QED) is 0.826. The summed E-state index contributed by atoms with van der Waals surface area (Å²) in [5, 5.41) is 8.79. The van der Waals surface area contributed by atoms with Crippen molar-refractivity contribution in [2.45, 2.75) is 19.1 Å². The Hall–Kier alpha value is -2.86. The fraction of sp³-hybridized carbons (Fsp3) is 0.300. The summed E-state index contributed by atoms with van der Waals surface area (Å²) < 4.78 is 11.4. The van der Waals surface area contributed by atoms with Gasteiger partial charge in [0.2, 0.25) is 5.91 Å². The van der Waals surface area contributed by atoms with Gasteiger partial charge in [-0.2, -0.15) is 0 Å². The molecule has 0 saturated carbocycles. The SMILES string of the molecule is O=C(O)CCN1C[C@@H](c2ccc(OCc3ccccc3)cc2)OCC1=O. The maximum absolute atomic E-state index is 11.8. The Bertz CT molecular complexity index is 745. The summed E-state index contributed by atoms with van der Waals surface area (Å²) in [6, 6.07) is 17.5. The summed E-state index contributed by atoms with van der Waals surface area (Å²) in [7, 11) is 0. The lowest BCUT2D eigenvalue weighted by molar-refractivity contribution is -0.150. The Morgan fingerprint density at radius 3 is 2.58 bits per heavy atom. The summed E-state index contributed by atoms with van der Waals surface area (Å²) >= 11 is 0. The van der Waals surface area contributed by atoms with Gasteiger partial charge in [-0.25, -0.2) is 0 Å². The van der Waals surface area contributed by atoms with Crippen LogP contribution in [0.15, 0.2) is 54.6 Å². The Kier molecular flexibility index (Phi) is 5.86. The zero-order chi connectivity index (χ0) is 18.4. The predicted octanol–water partition coefficient (Wildman–Crippen LogP) is 2.64. The van der Waals surface area contributed by atoms with E-state index in [0.29, 0.717) is 13.2 Å². The number of aliphatic carboxylic acids is 1. The van der Waals surface area contributed by atoms with Gasteiger partial charge in [-0.15, -0.1) is 0 Å². The Morgan fingerprint density at radius 2 is 1.88 bits per heavy atom. The molecule has 0 radical (unpaired) electrons. The van der Waals surface area contributed by atoms with Gasteiger partial charge in [-0.1, -0.05) is 42.5 Å². The van der Waals surface area contributed by atoms with E-state index in [1.807, 2.05) is 54.6 Å². The molecular formula is C20H21NO5. The second-order valence-corrected chi connectivity index (χ2v) is 6.13. The van der Waals surface area contributed by atoms with Crippen molar-refractivity contribution in [3.05, 3.63) is 65.7 Å². The Morgan fingerprint density at radius 1 is 1.15 bits per heavy atom. The summed E-state index contributed by atoms with van der Waals surface area (Å²) in [6.07, 6.45) is -0.324. The predicted molar refractivity (Wildman–Crippen MR) is 94.7 cm³/mol. The van der Waals surface area contributed by atoms with Gasteiger partial charge in [0.25, 0.3) is 0 Å². The van der Waals surface area contributed by atoms with Gasteiger partial charge in [0, 0.05) is 6.54 Å². The molecule has 2 aromatic rings. The number of carboxylic acids is 1. The highest BCUT2D eigenvalue weighted by atomic mass is 16.5. The number of carboxylic acid groups (broad SMARTS) is 1. The van der Waals surface area contributed by atoms with Crippen LogP contribution in [-0.4, -0.2) is 41.6 Å². The number of rotatable bonds is 7. The molecule has 1 N–H and O–H groups in total. The molecular weight excluding hydrogens is 334 g/mol. The third-order valence-electron chi connectivity index (χ3n) is 4.24. The average molecular weight is 355 g/mol. The van der Waals surface area contributed by atoms with Crippen LogP contribution in [0.3, 0.4) is 0 Å². The summed E-state index contributed by atoms with van der Waals surface area (Å²) in [6.45, 7) is 1.02. The van der Waals surface area contributed by atoms with Gasteiger partial charge in [0.15, 0.2) is 0 Å². The van der Waals surface area contributed by atoms with Crippen LogP contribution >= 0.6 is 0 Å². The molecule has 1 atom stereocenters. The van der Waals surface area contributed by atoms with Crippen molar-refractivity contribution in [3.8, 4) is 5.75 Å². The molecule has 0 aliphatic carbocycles. The molecule has 6 nitrogen and oxygen atoms in total. The summed E-state index contributed by atoms with van der Waals surface area (Å²) in [5.74, 6) is -0.335. The van der Waals surface area contributed by atoms with Crippen LogP contribution in [0.1, 0.15) is 23.7 Å². The van der Waals surface area contributed by atoms with Crippen LogP contribution in [0, 0.1) is 0 Å². The first-order valence-electron chi connectivity index (χ1n) is 8.49. The Labute approximate surface area is 152 Å². The van der Waals surface area contributed by atoms with Crippen LogP contribution in [0.25, 0.3) is 0 Å². The average Bonchev–Trinajstić information content (AvgIpc) is 2.67. The first-order chi connectivity index (χ1) is 12.6. The molecule has 6 heteroatoms. The van der Waals surface area contributed by atoms with E-state index in [9.17, 15) is 9.59 Å². The minimum atomic E-state index is -0.916. The highest BCUT2D eigenvalue weighted by molar-refractivity contribution is 5.79. The second kappa shape index (κ2) is 8.49. The monoisotopic (exact) mass is 355 g/mol. The van der Waals surface area contributed by atoms with Crippen molar-refractivity contribution in [1.29, 1.82) is 0 Å². The van der Waals surface area contributed by atoms with Gasteiger partial charge in [-0.3, -0.25) is 9.59 Å². The van der Waals surface area contributed by atoms with Gasteiger partial charge in [0.1, 0.15) is 25.1 Å². The molecule has 0 spiro atoms. The van der Waals surface area contributed by atoms with Gasteiger partial charge < -0.3 is 19.5 Å². The van der Waals surface area contributed by atoms with E-state index in [-0.39, 0.29) is 31.6 Å². The van der Waals surface area contributed by atoms with Crippen molar-refractivity contribution in [2.24, 2.45) is 0 Å². The number of hydrogen-bond donors (Lipinski definition) is 1. The fourth-order valence-corrected chi connectivity index (χ4v) is 2.79. The first kappa shape index (κ1) is 17.9. The van der Waals surface area contributed by atoms with Gasteiger partial charge in [0.05, 0.1) is 13.0 Å². The smallest absolute Gasteiger partial charge is 0.305 e. The maximum atomic E-state index is 11.8. The molecule has 1 aliphatic rings. The number of carbonyl (C=O) groups is 2. The van der Waals surface area contributed by atoms with Crippen molar-refractivity contribution < 1.29 is 24.2 Å². The lowest BCUT2D eigenvalue weighted by atomic mass is 10.1. The lowest BCUT2D eigenvalue weighted by Crippen LogP contribution is -2.44. The molecule has 1 aliphatic heterocycles. The number of morpholine rings is 1. The van der Waals surface area contributed by atoms with Gasteiger partial charge in [-0.05, 0) is 23.3 Å². The topological polar surface area (TPSA) is 76.1 Å². The molecule has 2 aromatic carbocycles. The molecule has 0 aromatic heterocycles. The number of benzene rings is 2. The van der Waals surface area contributed by atoms with E-state index in [4.69, 9.17) is 14.6 Å². The van der Waals surface area contributed by atoms with Crippen LogP contribution < -0.4 is 4.74 Å². The van der Waals surface area contributed by atoms with Crippen molar-refractivity contribution in [1.82, 2.24) is 4.90 Å². The zero-order valence-corrected chi connectivity index (χ0v) is 14.3. The lowest BCUT2D eigenvalue weighted by Gasteiger charge is -2.32. The van der Waals surface area contributed by atoms with Crippen LogP contribution in [0.4, 0.5) is 0 Å². The number of amides is 1. The van der Waals surface area contributed by atoms with Crippen LogP contribution in [-0.2, 0) is 20.9 Å². The van der Waals surface area contributed by atoms with E-state index < -0.39 is 5.97 Å². The largest absolute Gasteiger partial charge is 0.489 e. The molecule has 1 heterocycles. The van der Waals surface area contributed by atoms with E-state index in [1.54, 1.807) is 4.90 Å². The third-order valence-corrected chi connectivity index (χ3v) is 4.24. The molecule has 1 saturated heterocycles. The zero-order valence-electron chi connectivity index (χ0n) is 14.3. The standard InChI is InChI=1S/C20H21NO5/c22-19-14-26-18(12-21(19)11-10-20(23)24)16-6-8-17(9-7-16)25-13-15-4-2-1-3-5-15/h1-9,18H,10-14H2,(H,23,24)/t18-/m0/s1. The van der Waals surface area contributed by atoms with Crippen LogP contribution in [0.2, 0.25) is 0 Å². The Balaban J connectivity index is 1.57. The van der Waals surface area contributed by atoms with E-state index >= 15 is 0 Å². The normalized spacial score (nSPS) is 17.2. The highest BCUT2D eigenvalue weighted by Crippen LogP contribution is 2.25. The molecule has 0 unspecified atom stereocenters. The number of carbonyl (C=O) groups excluding carboxylic acids is 1. The minimum Gasteiger partial charge on any atom is -0.489 e. The van der Waals surface area contributed by atoms with E-state index in [0.717, 1.165) is 16.9 Å². The molecule has 3 rings (SSSR count). The third kappa shape index (κ3) is 4.83. The van der Waals surface area contributed by atoms with Crippen molar-refractivity contribution in [3.63, 3.8) is 0 Å². The minimum absolute atomic E-state index is 0.0312.